The molecule has 0 saturated heterocycles. The summed E-state index contributed by atoms with van der Waals surface area (Å²) in [6.45, 7) is 0.264. The van der Waals surface area contributed by atoms with E-state index in [4.69, 9.17) is 4.74 Å². The molecule has 0 spiro atoms. The molecule has 0 unspecified atom stereocenters. The molecule has 0 bridgehead atoms. The Morgan fingerprint density at radius 1 is 1.27 bits per heavy atom. The van der Waals surface area contributed by atoms with Crippen LogP contribution in [-0.2, 0) is 16.6 Å². The van der Waals surface area contributed by atoms with Gasteiger partial charge in [0.2, 0.25) is 10.0 Å². The van der Waals surface area contributed by atoms with Gasteiger partial charge in [0.05, 0.1) is 13.7 Å². The SMILES string of the molecule is CNS(=O)(=O)c1ccc(CNC(=O)c2cccc(OC)c2)s1. The van der Waals surface area contributed by atoms with Crippen LogP contribution in [0.5, 0.6) is 5.75 Å². The van der Waals surface area contributed by atoms with E-state index in [1.54, 1.807) is 30.3 Å². The molecule has 0 aliphatic rings. The van der Waals surface area contributed by atoms with Crippen LogP contribution in [0.3, 0.4) is 0 Å². The lowest BCUT2D eigenvalue weighted by Crippen LogP contribution is -2.22. The molecule has 0 fully saturated rings. The summed E-state index contributed by atoms with van der Waals surface area (Å²) in [5.74, 6) is 0.358. The van der Waals surface area contributed by atoms with Gasteiger partial charge in [-0.2, -0.15) is 0 Å². The summed E-state index contributed by atoms with van der Waals surface area (Å²) in [4.78, 5) is 12.8. The molecule has 1 aromatic heterocycles. The molecule has 0 saturated carbocycles. The van der Waals surface area contributed by atoms with E-state index >= 15 is 0 Å². The highest BCUT2D eigenvalue weighted by atomic mass is 32.2. The van der Waals surface area contributed by atoms with Crippen LogP contribution < -0.4 is 14.8 Å². The molecule has 118 valence electrons. The second kappa shape index (κ2) is 6.91. The van der Waals surface area contributed by atoms with Crippen LogP contribution in [0.1, 0.15) is 15.2 Å². The number of nitrogens with one attached hydrogen (secondary N) is 2. The standard InChI is InChI=1S/C14H16N2O4S2/c1-15-22(18,19)13-7-6-12(21-13)9-16-14(17)10-4-3-5-11(8-10)20-2/h3-8,15H,9H2,1-2H3,(H,16,17). The third kappa shape index (κ3) is 3.85. The highest BCUT2D eigenvalue weighted by Gasteiger charge is 2.14. The summed E-state index contributed by atoms with van der Waals surface area (Å²) >= 11 is 1.12. The number of thiophene rings is 1. The number of ether oxygens (including phenoxy) is 1. The van der Waals surface area contributed by atoms with Gasteiger partial charge in [-0.3, -0.25) is 4.79 Å². The molecule has 2 aromatic rings. The van der Waals surface area contributed by atoms with E-state index in [-0.39, 0.29) is 16.7 Å². The number of sulfonamides is 1. The third-order valence-electron chi connectivity index (χ3n) is 2.93. The van der Waals surface area contributed by atoms with Crippen molar-refractivity contribution in [2.75, 3.05) is 14.2 Å². The summed E-state index contributed by atoms with van der Waals surface area (Å²) in [7, 11) is -0.543. The van der Waals surface area contributed by atoms with Gasteiger partial charge in [-0.1, -0.05) is 6.07 Å². The molecule has 1 aromatic carbocycles. The van der Waals surface area contributed by atoms with Crippen molar-refractivity contribution in [1.82, 2.24) is 10.0 Å². The first-order chi connectivity index (χ1) is 10.5. The maximum Gasteiger partial charge on any atom is 0.251 e. The average molecular weight is 340 g/mol. The lowest BCUT2D eigenvalue weighted by atomic mass is 10.2. The van der Waals surface area contributed by atoms with Crippen LogP contribution in [0.4, 0.5) is 0 Å². The summed E-state index contributed by atoms with van der Waals surface area (Å²) in [6.07, 6.45) is 0. The van der Waals surface area contributed by atoms with Crippen molar-refractivity contribution in [2.24, 2.45) is 0 Å². The van der Waals surface area contributed by atoms with Crippen molar-refractivity contribution >= 4 is 27.3 Å². The van der Waals surface area contributed by atoms with Crippen LogP contribution in [-0.4, -0.2) is 28.5 Å². The molecule has 1 amide bonds. The van der Waals surface area contributed by atoms with Crippen LogP contribution in [0.15, 0.2) is 40.6 Å². The van der Waals surface area contributed by atoms with Crippen LogP contribution in [0.2, 0.25) is 0 Å². The van der Waals surface area contributed by atoms with Gasteiger partial charge in [0.1, 0.15) is 9.96 Å². The molecule has 6 nitrogen and oxygen atoms in total. The van der Waals surface area contributed by atoms with E-state index in [0.29, 0.717) is 11.3 Å². The Kier molecular flexibility index (Phi) is 5.17. The second-order valence-corrected chi connectivity index (χ2v) is 7.62. The van der Waals surface area contributed by atoms with Gasteiger partial charge in [0.25, 0.3) is 5.91 Å². The monoisotopic (exact) mass is 340 g/mol. The summed E-state index contributed by atoms with van der Waals surface area (Å²) in [6, 6.07) is 10.0. The molecule has 2 N–H and O–H groups in total. The summed E-state index contributed by atoms with van der Waals surface area (Å²) < 4.78 is 30.8. The fraction of sp³-hybridized carbons (Fsp3) is 0.214. The number of benzene rings is 1. The number of carbonyl (C=O) groups is 1. The maximum atomic E-state index is 12.1. The highest BCUT2D eigenvalue weighted by molar-refractivity contribution is 7.91. The maximum absolute atomic E-state index is 12.1. The van der Waals surface area contributed by atoms with Gasteiger partial charge < -0.3 is 10.1 Å². The molecule has 0 aliphatic carbocycles. The zero-order chi connectivity index (χ0) is 16.2. The van der Waals surface area contributed by atoms with Crippen molar-refractivity contribution < 1.29 is 17.9 Å². The first kappa shape index (κ1) is 16.5. The van der Waals surface area contributed by atoms with Gasteiger partial charge >= 0.3 is 0 Å². The number of hydrogen-bond acceptors (Lipinski definition) is 5. The van der Waals surface area contributed by atoms with Crippen LogP contribution in [0.25, 0.3) is 0 Å². The Hall–Kier alpha value is -1.90. The fourth-order valence-corrected chi connectivity index (χ4v) is 3.87. The van der Waals surface area contributed by atoms with E-state index in [1.807, 2.05) is 0 Å². The zero-order valence-electron chi connectivity index (χ0n) is 12.1. The fourth-order valence-electron chi connectivity index (χ4n) is 1.73. The first-order valence-electron chi connectivity index (χ1n) is 6.41. The van der Waals surface area contributed by atoms with Crippen molar-refractivity contribution in [1.29, 1.82) is 0 Å². The zero-order valence-corrected chi connectivity index (χ0v) is 13.8. The summed E-state index contributed by atoms with van der Waals surface area (Å²) in [5.41, 5.74) is 0.485. The smallest absolute Gasteiger partial charge is 0.251 e. The molecule has 0 atom stereocenters. The van der Waals surface area contributed by atoms with E-state index in [0.717, 1.165) is 16.2 Å². The van der Waals surface area contributed by atoms with Gasteiger partial charge in [-0.05, 0) is 37.4 Å². The molecular formula is C14H16N2O4S2. The minimum absolute atomic E-state index is 0.223. The largest absolute Gasteiger partial charge is 0.497 e. The van der Waals surface area contributed by atoms with Gasteiger partial charge in [0.15, 0.2) is 0 Å². The molecular weight excluding hydrogens is 324 g/mol. The quantitative estimate of drug-likeness (QED) is 0.836. The summed E-state index contributed by atoms with van der Waals surface area (Å²) in [5, 5.41) is 2.75. The lowest BCUT2D eigenvalue weighted by molar-refractivity contribution is 0.0951. The molecule has 1 heterocycles. The molecule has 8 heteroatoms. The number of methoxy groups -OCH3 is 1. The Morgan fingerprint density at radius 3 is 2.73 bits per heavy atom. The van der Waals surface area contributed by atoms with E-state index in [9.17, 15) is 13.2 Å². The first-order valence-corrected chi connectivity index (χ1v) is 8.71. The van der Waals surface area contributed by atoms with E-state index in [1.165, 1.54) is 20.2 Å². The molecule has 22 heavy (non-hydrogen) atoms. The van der Waals surface area contributed by atoms with Gasteiger partial charge in [0, 0.05) is 10.4 Å². The van der Waals surface area contributed by atoms with E-state index in [2.05, 4.69) is 10.0 Å². The number of rotatable bonds is 6. The molecule has 2 rings (SSSR count). The predicted molar refractivity (Wildman–Crippen MR) is 84.7 cm³/mol. The minimum atomic E-state index is -3.44. The van der Waals surface area contributed by atoms with Gasteiger partial charge in [-0.15, -0.1) is 11.3 Å². The van der Waals surface area contributed by atoms with Crippen LogP contribution in [0, 0.1) is 0 Å². The molecule has 0 aliphatic heterocycles. The Balaban J connectivity index is 2.02. The van der Waals surface area contributed by atoms with E-state index < -0.39 is 10.0 Å². The normalized spacial score (nSPS) is 11.2. The number of carbonyl (C=O) groups excluding carboxylic acids is 1. The van der Waals surface area contributed by atoms with Gasteiger partial charge in [-0.25, -0.2) is 13.1 Å². The van der Waals surface area contributed by atoms with Crippen molar-refractivity contribution in [3.63, 3.8) is 0 Å². The Morgan fingerprint density at radius 2 is 2.05 bits per heavy atom. The number of hydrogen-bond donors (Lipinski definition) is 2. The average Bonchev–Trinajstić information content (AvgIpc) is 3.02. The van der Waals surface area contributed by atoms with Crippen molar-refractivity contribution in [3.8, 4) is 5.75 Å². The van der Waals surface area contributed by atoms with Crippen molar-refractivity contribution in [2.45, 2.75) is 10.8 Å². The lowest BCUT2D eigenvalue weighted by Gasteiger charge is -2.05. The number of amides is 1. The minimum Gasteiger partial charge on any atom is -0.497 e. The topological polar surface area (TPSA) is 84.5 Å². The second-order valence-electron chi connectivity index (χ2n) is 4.34. The Bertz CT molecular complexity index is 769. The Labute approximate surface area is 133 Å². The highest BCUT2D eigenvalue weighted by Crippen LogP contribution is 2.21. The van der Waals surface area contributed by atoms with Crippen LogP contribution >= 0.6 is 11.3 Å². The third-order valence-corrected chi connectivity index (χ3v) is 5.92. The van der Waals surface area contributed by atoms with Crippen molar-refractivity contribution in [3.05, 3.63) is 46.8 Å². The predicted octanol–water partition coefficient (Wildman–Crippen LogP) is 1.59. The molecule has 0 radical (unpaired) electrons.